The molecule has 0 spiro atoms. The number of anilines is 2. The SMILES string of the molecule is Cc1ccc(N)cc1NC(=N)NC=CC(=O)c1cccnc1. The molecule has 112 valence electrons. The first-order valence-corrected chi connectivity index (χ1v) is 6.65. The first kappa shape index (κ1) is 15.2. The lowest BCUT2D eigenvalue weighted by Gasteiger charge is -2.10. The number of carbonyl (C=O) groups is 1. The van der Waals surface area contributed by atoms with Crippen molar-refractivity contribution in [2.24, 2.45) is 0 Å². The lowest BCUT2D eigenvalue weighted by Crippen LogP contribution is -2.25. The van der Waals surface area contributed by atoms with Gasteiger partial charge in [-0.25, -0.2) is 0 Å². The van der Waals surface area contributed by atoms with Gasteiger partial charge in [-0.1, -0.05) is 6.07 Å². The summed E-state index contributed by atoms with van der Waals surface area (Å²) in [5.74, 6) is -0.141. The normalized spacial score (nSPS) is 10.4. The third-order valence-electron chi connectivity index (χ3n) is 2.93. The highest BCUT2D eigenvalue weighted by Crippen LogP contribution is 2.17. The van der Waals surface area contributed by atoms with Crippen LogP contribution in [-0.2, 0) is 0 Å². The Bertz CT molecular complexity index is 710. The van der Waals surface area contributed by atoms with Gasteiger partial charge in [0.1, 0.15) is 0 Å². The van der Waals surface area contributed by atoms with E-state index in [-0.39, 0.29) is 11.7 Å². The highest BCUT2D eigenvalue weighted by molar-refractivity contribution is 6.04. The van der Waals surface area contributed by atoms with E-state index in [4.69, 9.17) is 11.1 Å². The van der Waals surface area contributed by atoms with Crippen molar-refractivity contribution in [3.8, 4) is 0 Å². The summed E-state index contributed by atoms with van der Waals surface area (Å²) < 4.78 is 0. The number of guanidine groups is 1. The standard InChI is InChI=1S/C16H17N5O/c1-11-4-5-13(17)9-14(11)21-16(18)20-8-6-15(22)12-3-2-7-19-10-12/h2-10H,17H2,1H3,(H3,18,20,21). The number of hydrogen-bond acceptors (Lipinski definition) is 4. The summed E-state index contributed by atoms with van der Waals surface area (Å²) in [7, 11) is 0. The first-order chi connectivity index (χ1) is 10.6. The summed E-state index contributed by atoms with van der Waals surface area (Å²) in [6.45, 7) is 1.91. The smallest absolute Gasteiger partial charge is 0.196 e. The van der Waals surface area contributed by atoms with Crippen molar-refractivity contribution in [1.82, 2.24) is 10.3 Å². The van der Waals surface area contributed by atoms with Gasteiger partial charge in [-0.15, -0.1) is 0 Å². The van der Waals surface area contributed by atoms with E-state index in [1.165, 1.54) is 18.5 Å². The largest absolute Gasteiger partial charge is 0.399 e. The van der Waals surface area contributed by atoms with Crippen molar-refractivity contribution < 1.29 is 4.79 Å². The Morgan fingerprint density at radius 3 is 2.91 bits per heavy atom. The minimum Gasteiger partial charge on any atom is -0.399 e. The van der Waals surface area contributed by atoms with E-state index in [2.05, 4.69) is 15.6 Å². The second kappa shape index (κ2) is 7.03. The first-order valence-electron chi connectivity index (χ1n) is 6.65. The van der Waals surface area contributed by atoms with E-state index in [1.54, 1.807) is 30.5 Å². The Morgan fingerprint density at radius 1 is 1.36 bits per heavy atom. The molecule has 1 aromatic heterocycles. The lowest BCUT2D eigenvalue weighted by atomic mass is 10.2. The van der Waals surface area contributed by atoms with Gasteiger partial charge in [0.25, 0.3) is 0 Å². The van der Waals surface area contributed by atoms with Gasteiger partial charge in [-0.3, -0.25) is 15.2 Å². The van der Waals surface area contributed by atoms with Crippen LogP contribution in [0, 0.1) is 12.3 Å². The van der Waals surface area contributed by atoms with E-state index in [0.29, 0.717) is 11.3 Å². The average Bonchev–Trinajstić information content (AvgIpc) is 2.51. The third kappa shape index (κ3) is 4.17. The zero-order valence-electron chi connectivity index (χ0n) is 12.1. The second-order valence-electron chi connectivity index (χ2n) is 4.66. The number of allylic oxidation sites excluding steroid dienone is 1. The number of nitrogens with one attached hydrogen (secondary N) is 3. The number of hydrogen-bond donors (Lipinski definition) is 4. The van der Waals surface area contributed by atoms with Gasteiger partial charge in [0.2, 0.25) is 0 Å². The van der Waals surface area contributed by atoms with Crippen LogP contribution in [0.3, 0.4) is 0 Å². The zero-order chi connectivity index (χ0) is 15.9. The summed E-state index contributed by atoms with van der Waals surface area (Å²) in [5.41, 5.74) is 8.53. The highest BCUT2D eigenvalue weighted by Gasteiger charge is 2.02. The monoisotopic (exact) mass is 295 g/mol. The van der Waals surface area contributed by atoms with E-state index in [1.807, 2.05) is 13.0 Å². The number of nitrogens with two attached hydrogens (primary N) is 1. The Kier molecular flexibility index (Phi) is 4.87. The quantitative estimate of drug-likeness (QED) is 0.228. The molecule has 2 rings (SSSR count). The number of nitrogens with zero attached hydrogens (tertiary/aromatic N) is 1. The highest BCUT2D eigenvalue weighted by atomic mass is 16.1. The number of aryl methyl sites for hydroxylation is 1. The van der Waals surface area contributed by atoms with Gasteiger partial charge < -0.3 is 16.4 Å². The van der Waals surface area contributed by atoms with Gasteiger partial charge in [-0.2, -0.15) is 0 Å². The predicted molar refractivity (Wildman–Crippen MR) is 87.8 cm³/mol. The van der Waals surface area contributed by atoms with Gasteiger partial charge >= 0.3 is 0 Å². The minimum atomic E-state index is -0.187. The van der Waals surface area contributed by atoms with Crippen molar-refractivity contribution in [3.63, 3.8) is 0 Å². The summed E-state index contributed by atoms with van der Waals surface area (Å²) in [5, 5.41) is 13.4. The fraction of sp³-hybridized carbons (Fsp3) is 0.0625. The number of pyridine rings is 1. The molecule has 0 fully saturated rings. The van der Waals surface area contributed by atoms with E-state index in [0.717, 1.165) is 11.3 Å². The maximum Gasteiger partial charge on any atom is 0.196 e. The molecular weight excluding hydrogens is 278 g/mol. The van der Waals surface area contributed by atoms with Crippen molar-refractivity contribution in [3.05, 3.63) is 66.1 Å². The Balaban J connectivity index is 1.91. The lowest BCUT2D eigenvalue weighted by molar-refractivity contribution is 0.104. The van der Waals surface area contributed by atoms with Crippen LogP contribution >= 0.6 is 0 Å². The van der Waals surface area contributed by atoms with E-state index >= 15 is 0 Å². The maximum atomic E-state index is 11.8. The van der Waals surface area contributed by atoms with Crippen LogP contribution in [0.2, 0.25) is 0 Å². The molecule has 1 aromatic carbocycles. The van der Waals surface area contributed by atoms with Gasteiger partial charge in [0, 0.05) is 41.6 Å². The third-order valence-corrected chi connectivity index (χ3v) is 2.93. The fourth-order valence-electron chi connectivity index (χ4n) is 1.75. The number of ketones is 1. The van der Waals surface area contributed by atoms with Crippen LogP contribution in [0.1, 0.15) is 15.9 Å². The van der Waals surface area contributed by atoms with E-state index < -0.39 is 0 Å². The summed E-state index contributed by atoms with van der Waals surface area (Å²) >= 11 is 0. The number of carbonyl (C=O) groups excluding carboxylic acids is 1. The Hall–Kier alpha value is -3.15. The van der Waals surface area contributed by atoms with Crippen LogP contribution in [0.5, 0.6) is 0 Å². The molecule has 0 atom stereocenters. The molecule has 6 nitrogen and oxygen atoms in total. The van der Waals surface area contributed by atoms with Crippen LogP contribution in [0.25, 0.3) is 0 Å². The van der Waals surface area contributed by atoms with Crippen molar-refractivity contribution in [1.29, 1.82) is 5.41 Å². The molecule has 0 aliphatic rings. The van der Waals surface area contributed by atoms with Crippen molar-refractivity contribution in [2.45, 2.75) is 6.92 Å². The summed E-state index contributed by atoms with van der Waals surface area (Å²) in [6.07, 6.45) is 5.85. The number of aromatic nitrogens is 1. The summed E-state index contributed by atoms with van der Waals surface area (Å²) in [6, 6.07) is 8.78. The predicted octanol–water partition coefficient (Wildman–Crippen LogP) is 2.31. The molecule has 1 heterocycles. The fourth-order valence-corrected chi connectivity index (χ4v) is 1.75. The van der Waals surface area contributed by atoms with Crippen LogP contribution in [0.15, 0.2) is 55.0 Å². The molecule has 22 heavy (non-hydrogen) atoms. The minimum absolute atomic E-state index is 0.0453. The Labute approximate surface area is 128 Å². The second-order valence-corrected chi connectivity index (χ2v) is 4.66. The van der Waals surface area contributed by atoms with Crippen molar-refractivity contribution in [2.75, 3.05) is 11.1 Å². The van der Waals surface area contributed by atoms with Crippen molar-refractivity contribution >= 4 is 23.1 Å². The molecule has 0 unspecified atom stereocenters. The number of nitrogen functional groups attached to an aromatic ring is 1. The molecule has 5 N–H and O–H groups in total. The molecular formula is C16H17N5O. The molecule has 0 radical (unpaired) electrons. The molecule has 0 saturated heterocycles. The Morgan fingerprint density at radius 2 is 2.18 bits per heavy atom. The van der Waals surface area contributed by atoms with E-state index in [9.17, 15) is 4.79 Å². The molecule has 0 aliphatic heterocycles. The zero-order valence-corrected chi connectivity index (χ0v) is 12.1. The van der Waals surface area contributed by atoms with Gasteiger partial charge in [0.15, 0.2) is 11.7 Å². The molecule has 6 heteroatoms. The molecule has 0 aliphatic carbocycles. The summed E-state index contributed by atoms with van der Waals surface area (Å²) in [4.78, 5) is 15.7. The number of benzene rings is 1. The number of rotatable bonds is 4. The maximum absolute atomic E-state index is 11.8. The molecule has 0 saturated carbocycles. The topological polar surface area (TPSA) is 104 Å². The van der Waals surface area contributed by atoms with Gasteiger partial charge in [-0.05, 0) is 36.8 Å². The molecule has 0 bridgehead atoms. The average molecular weight is 295 g/mol. The van der Waals surface area contributed by atoms with Crippen LogP contribution < -0.4 is 16.4 Å². The molecule has 0 amide bonds. The van der Waals surface area contributed by atoms with Gasteiger partial charge in [0.05, 0.1) is 0 Å². The molecule has 2 aromatic rings. The van der Waals surface area contributed by atoms with Crippen LogP contribution in [0.4, 0.5) is 11.4 Å². The van der Waals surface area contributed by atoms with Crippen LogP contribution in [-0.4, -0.2) is 16.7 Å².